The fourth-order valence-electron chi connectivity index (χ4n) is 3.92. The number of rotatable bonds is 5. The van der Waals surface area contributed by atoms with Crippen molar-refractivity contribution in [3.63, 3.8) is 0 Å². The van der Waals surface area contributed by atoms with Crippen LogP contribution in [0.5, 0.6) is 0 Å². The van der Waals surface area contributed by atoms with Gasteiger partial charge in [-0.05, 0) is 57.5 Å². The van der Waals surface area contributed by atoms with Gasteiger partial charge in [0.25, 0.3) is 0 Å². The standard InChI is InChI=1S/C23H27N3OS/c1-16(18-8-4-3-5-9-18)24-22(27)17(2)26-14-12-19(13-15-26)23-25-20-10-6-7-11-21(20)28-23/h3-11,16-17,19H,12-15H2,1-2H3,(H,24,27)/t16-,17-/m0/s1. The van der Waals surface area contributed by atoms with Gasteiger partial charge >= 0.3 is 0 Å². The van der Waals surface area contributed by atoms with Crippen LogP contribution in [0.4, 0.5) is 0 Å². The maximum Gasteiger partial charge on any atom is 0.237 e. The third-order valence-corrected chi connectivity index (χ3v) is 6.97. The van der Waals surface area contributed by atoms with E-state index in [0.29, 0.717) is 5.92 Å². The highest BCUT2D eigenvalue weighted by Gasteiger charge is 2.29. The molecule has 1 aliphatic heterocycles. The topological polar surface area (TPSA) is 45.2 Å². The number of aromatic nitrogens is 1. The zero-order valence-corrected chi connectivity index (χ0v) is 17.3. The summed E-state index contributed by atoms with van der Waals surface area (Å²) in [4.78, 5) is 19.9. The number of amides is 1. The number of nitrogens with one attached hydrogen (secondary N) is 1. The second-order valence-electron chi connectivity index (χ2n) is 7.65. The van der Waals surface area contributed by atoms with Crippen molar-refractivity contribution >= 4 is 27.5 Å². The molecule has 4 nitrogen and oxygen atoms in total. The summed E-state index contributed by atoms with van der Waals surface area (Å²) in [7, 11) is 0. The number of hydrogen-bond acceptors (Lipinski definition) is 4. The first-order valence-corrected chi connectivity index (χ1v) is 10.9. The molecule has 0 aliphatic carbocycles. The quantitative estimate of drug-likeness (QED) is 0.681. The zero-order chi connectivity index (χ0) is 19.5. The van der Waals surface area contributed by atoms with Gasteiger partial charge in [-0.1, -0.05) is 42.5 Å². The minimum absolute atomic E-state index is 0.0245. The average Bonchev–Trinajstić information content (AvgIpc) is 3.18. The summed E-state index contributed by atoms with van der Waals surface area (Å²) in [5.41, 5.74) is 2.24. The predicted molar refractivity (Wildman–Crippen MR) is 116 cm³/mol. The van der Waals surface area contributed by atoms with Crippen molar-refractivity contribution in [3.8, 4) is 0 Å². The molecule has 0 unspecified atom stereocenters. The van der Waals surface area contributed by atoms with E-state index in [0.717, 1.165) is 37.0 Å². The van der Waals surface area contributed by atoms with Gasteiger partial charge in [-0.2, -0.15) is 0 Å². The molecule has 4 rings (SSSR count). The van der Waals surface area contributed by atoms with Gasteiger partial charge in [-0.3, -0.25) is 9.69 Å². The minimum Gasteiger partial charge on any atom is -0.348 e. The Morgan fingerprint density at radius 3 is 2.46 bits per heavy atom. The molecule has 28 heavy (non-hydrogen) atoms. The fraction of sp³-hybridized carbons (Fsp3) is 0.391. The van der Waals surface area contributed by atoms with E-state index in [9.17, 15) is 4.79 Å². The van der Waals surface area contributed by atoms with Crippen LogP contribution in [0.2, 0.25) is 0 Å². The molecule has 5 heteroatoms. The lowest BCUT2D eigenvalue weighted by Gasteiger charge is -2.35. The van der Waals surface area contributed by atoms with Crippen molar-refractivity contribution in [1.29, 1.82) is 0 Å². The molecule has 146 valence electrons. The number of carbonyl (C=O) groups excluding carboxylic acids is 1. The number of nitrogens with zero attached hydrogens (tertiary/aromatic N) is 2. The van der Waals surface area contributed by atoms with Crippen molar-refractivity contribution in [2.45, 2.75) is 44.7 Å². The number of benzene rings is 2. The van der Waals surface area contributed by atoms with Gasteiger partial charge in [-0.25, -0.2) is 4.98 Å². The van der Waals surface area contributed by atoms with E-state index in [1.165, 1.54) is 9.71 Å². The summed E-state index contributed by atoms with van der Waals surface area (Å²) in [6, 6.07) is 18.4. The molecule has 1 amide bonds. The Bertz CT molecular complexity index is 898. The average molecular weight is 394 g/mol. The smallest absolute Gasteiger partial charge is 0.237 e. The van der Waals surface area contributed by atoms with Crippen LogP contribution in [-0.2, 0) is 4.79 Å². The number of thiazole rings is 1. The van der Waals surface area contributed by atoms with Crippen molar-refractivity contribution < 1.29 is 4.79 Å². The lowest BCUT2D eigenvalue weighted by atomic mass is 9.96. The summed E-state index contributed by atoms with van der Waals surface area (Å²) in [6.45, 7) is 5.94. The number of fused-ring (bicyclic) bond motifs is 1. The van der Waals surface area contributed by atoms with E-state index in [2.05, 4.69) is 40.5 Å². The van der Waals surface area contributed by atoms with Crippen LogP contribution in [0.15, 0.2) is 54.6 Å². The normalized spacial score (nSPS) is 18.1. The summed E-state index contributed by atoms with van der Waals surface area (Å²) in [5.74, 6) is 0.613. The van der Waals surface area contributed by atoms with E-state index in [1.54, 1.807) is 0 Å². The summed E-state index contributed by atoms with van der Waals surface area (Å²) < 4.78 is 1.27. The molecule has 0 saturated carbocycles. The predicted octanol–water partition coefficient (Wildman–Crippen LogP) is 4.74. The molecule has 0 bridgehead atoms. The van der Waals surface area contributed by atoms with Crippen LogP contribution in [0.25, 0.3) is 10.2 Å². The number of piperidine rings is 1. The third kappa shape index (κ3) is 4.10. The maximum atomic E-state index is 12.7. The molecule has 3 aromatic rings. The van der Waals surface area contributed by atoms with Gasteiger partial charge < -0.3 is 5.32 Å². The summed E-state index contributed by atoms with van der Waals surface area (Å²) in [6.07, 6.45) is 2.12. The van der Waals surface area contributed by atoms with Gasteiger partial charge in [0.15, 0.2) is 0 Å². The van der Waals surface area contributed by atoms with Crippen molar-refractivity contribution in [3.05, 3.63) is 65.2 Å². The largest absolute Gasteiger partial charge is 0.348 e. The number of hydrogen-bond donors (Lipinski definition) is 1. The lowest BCUT2D eigenvalue weighted by Crippen LogP contribution is -2.48. The molecule has 1 N–H and O–H groups in total. The van der Waals surface area contributed by atoms with Gasteiger partial charge in [-0.15, -0.1) is 11.3 Å². The van der Waals surface area contributed by atoms with Crippen molar-refractivity contribution in [2.24, 2.45) is 0 Å². The van der Waals surface area contributed by atoms with E-state index >= 15 is 0 Å². The summed E-state index contributed by atoms with van der Waals surface area (Å²) >= 11 is 1.82. The zero-order valence-electron chi connectivity index (χ0n) is 16.5. The first-order chi connectivity index (χ1) is 13.6. The molecule has 0 spiro atoms. The number of likely N-dealkylation sites (tertiary alicyclic amines) is 1. The van der Waals surface area contributed by atoms with E-state index in [1.807, 2.05) is 49.4 Å². The SMILES string of the molecule is C[C@H](NC(=O)[C@H](C)N1CCC(c2nc3ccccc3s2)CC1)c1ccccc1. The van der Waals surface area contributed by atoms with Crippen molar-refractivity contribution in [2.75, 3.05) is 13.1 Å². The number of carbonyl (C=O) groups is 1. The van der Waals surface area contributed by atoms with E-state index in [4.69, 9.17) is 4.98 Å². The van der Waals surface area contributed by atoms with Crippen LogP contribution in [0.3, 0.4) is 0 Å². The van der Waals surface area contributed by atoms with Crippen LogP contribution in [0.1, 0.15) is 49.2 Å². The molecule has 1 fully saturated rings. The Morgan fingerprint density at radius 1 is 1.07 bits per heavy atom. The first-order valence-electron chi connectivity index (χ1n) is 10.1. The highest BCUT2D eigenvalue weighted by Crippen LogP contribution is 2.34. The van der Waals surface area contributed by atoms with E-state index in [-0.39, 0.29) is 18.0 Å². The molecule has 2 atom stereocenters. The Labute approximate surface area is 170 Å². The highest BCUT2D eigenvalue weighted by molar-refractivity contribution is 7.18. The molecule has 2 heterocycles. The molecule has 1 aromatic heterocycles. The Hall–Kier alpha value is -2.24. The highest BCUT2D eigenvalue weighted by atomic mass is 32.1. The Morgan fingerprint density at radius 2 is 1.75 bits per heavy atom. The lowest BCUT2D eigenvalue weighted by molar-refractivity contribution is -0.127. The van der Waals surface area contributed by atoms with Gasteiger partial charge in [0.1, 0.15) is 0 Å². The minimum atomic E-state index is -0.109. The second-order valence-corrected chi connectivity index (χ2v) is 8.71. The second kappa shape index (κ2) is 8.41. The third-order valence-electron chi connectivity index (χ3n) is 5.77. The molecular weight excluding hydrogens is 366 g/mol. The monoisotopic (exact) mass is 393 g/mol. The molecule has 1 aliphatic rings. The Balaban J connectivity index is 1.33. The molecular formula is C23H27N3OS. The van der Waals surface area contributed by atoms with Gasteiger partial charge in [0, 0.05) is 5.92 Å². The van der Waals surface area contributed by atoms with Crippen LogP contribution in [-0.4, -0.2) is 34.9 Å². The Kier molecular flexibility index (Phi) is 5.74. The molecule has 0 radical (unpaired) electrons. The van der Waals surface area contributed by atoms with Crippen molar-refractivity contribution in [1.82, 2.24) is 15.2 Å². The van der Waals surface area contributed by atoms with E-state index < -0.39 is 0 Å². The molecule has 1 saturated heterocycles. The maximum absolute atomic E-state index is 12.7. The first kappa shape index (κ1) is 19.1. The van der Waals surface area contributed by atoms with Crippen LogP contribution >= 0.6 is 11.3 Å². The van der Waals surface area contributed by atoms with Crippen LogP contribution < -0.4 is 5.32 Å². The van der Waals surface area contributed by atoms with Crippen LogP contribution in [0, 0.1) is 0 Å². The molecule has 2 aromatic carbocycles. The van der Waals surface area contributed by atoms with Gasteiger partial charge in [0.05, 0.1) is 27.3 Å². The summed E-state index contributed by atoms with van der Waals surface area (Å²) in [5, 5.41) is 4.41. The van der Waals surface area contributed by atoms with Gasteiger partial charge in [0.2, 0.25) is 5.91 Å². The number of para-hydroxylation sites is 1. The fourth-order valence-corrected chi connectivity index (χ4v) is 5.06.